The summed E-state index contributed by atoms with van der Waals surface area (Å²) in [6.07, 6.45) is -0.532. The van der Waals surface area contributed by atoms with Gasteiger partial charge in [0.1, 0.15) is 5.75 Å². The minimum atomic E-state index is -0.532. The molecule has 0 aliphatic heterocycles. The SMILES string of the molecule is COC(=O)Nc1cccc(NCc2c(O)cccc2Cl)c1. The molecule has 0 spiro atoms. The Hall–Kier alpha value is -2.40. The molecule has 0 aliphatic rings. The second-order valence-electron chi connectivity index (χ2n) is 4.29. The summed E-state index contributed by atoms with van der Waals surface area (Å²) in [6.45, 7) is 0.368. The molecule has 0 fully saturated rings. The fourth-order valence-electron chi connectivity index (χ4n) is 1.79. The van der Waals surface area contributed by atoms with Gasteiger partial charge in [0.05, 0.1) is 7.11 Å². The van der Waals surface area contributed by atoms with Crippen LogP contribution in [-0.4, -0.2) is 18.3 Å². The van der Waals surface area contributed by atoms with Crippen LogP contribution in [0.2, 0.25) is 5.02 Å². The van der Waals surface area contributed by atoms with E-state index in [1.54, 1.807) is 36.4 Å². The van der Waals surface area contributed by atoms with Crippen molar-refractivity contribution in [3.8, 4) is 5.75 Å². The predicted molar refractivity (Wildman–Crippen MR) is 82.9 cm³/mol. The first kappa shape index (κ1) is 15.0. The standard InChI is InChI=1S/C15H15ClN2O3/c1-21-15(20)18-11-5-2-4-10(8-11)17-9-12-13(16)6-3-7-14(12)19/h2-8,17,19H,9H2,1H3,(H,18,20). The van der Waals surface area contributed by atoms with E-state index < -0.39 is 6.09 Å². The van der Waals surface area contributed by atoms with E-state index in [1.165, 1.54) is 7.11 Å². The minimum absolute atomic E-state index is 0.138. The molecule has 6 heteroatoms. The van der Waals surface area contributed by atoms with Gasteiger partial charge in [-0.15, -0.1) is 0 Å². The van der Waals surface area contributed by atoms with Crippen LogP contribution >= 0.6 is 11.6 Å². The molecule has 3 N–H and O–H groups in total. The lowest BCUT2D eigenvalue weighted by atomic mass is 10.2. The maximum Gasteiger partial charge on any atom is 0.411 e. The summed E-state index contributed by atoms with van der Waals surface area (Å²) >= 11 is 6.04. The van der Waals surface area contributed by atoms with Gasteiger partial charge in [0, 0.05) is 28.5 Å². The fourth-order valence-corrected chi connectivity index (χ4v) is 2.02. The van der Waals surface area contributed by atoms with Crippen molar-refractivity contribution in [3.05, 3.63) is 53.1 Å². The number of aromatic hydroxyl groups is 1. The Kier molecular flexibility index (Phi) is 4.90. The highest BCUT2D eigenvalue weighted by Gasteiger charge is 2.06. The topological polar surface area (TPSA) is 70.6 Å². The maximum atomic E-state index is 11.2. The molecule has 21 heavy (non-hydrogen) atoms. The average Bonchev–Trinajstić information content (AvgIpc) is 2.47. The summed E-state index contributed by atoms with van der Waals surface area (Å²) in [4.78, 5) is 11.2. The lowest BCUT2D eigenvalue weighted by molar-refractivity contribution is 0.187. The van der Waals surface area contributed by atoms with Crippen LogP contribution in [0.15, 0.2) is 42.5 Å². The number of nitrogens with one attached hydrogen (secondary N) is 2. The largest absolute Gasteiger partial charge is 0.508 e. The van der Waals surface area contributed by atoms with Crippen LogP contribution in [0.3, 0.4) is 0 Å². The Morgan fingerprint density at radius 3 is 2.67 bits per heavy atom. The highest BCUT2D eigenvalue weighted by molar-refractivity contribution is 6.31. The maximum absolute atomic E-state index is 11.2. The molecule has 0 unspecified atom stereocenters. The molecular formula is C15H15ClN2O3. The monoisotopic (exact) mass is 306 g/mol. The summed E-state index contributed by atoms with van der Waals surface area (Å²) in [5.74, 6) is 0.138. The van der Waals surface area contributed by atoms with Crippen molar-refractivity contribution in [2.24, 2.45) is 0 Å². The number of amides is 1. The number of phenolic OH excluding ortho intramolecular Hbond substituents is 1. The Morgan fingerprint density at radius 1 is 1.24 bits per heavy atom. The van der Waals surface area contributed by atoms with E-state index in [4.69, 9.17) is 11.6 Å². The number of carbonyl (C=O) groups is 1. The van der Waals surface area contributed by atoms with E-state index in [0.29, 0.717) is 22.8 Å². The number of ether oxygens (including phenoxy) is 1. The minimum Gasteiger partial charge on any atom is -0.508 e. The molecule has 0 aromatic heterocycles. The number of rotatable bonds is 4. The van der Waals surface area contributed by atoms with Crippen LogP contribution in [0.5, 0.6) is 5.75 Å². The zero-order valence-corrected chi connectivity index (χ0v) is 12.1. The van der Waals surface area contributed by atoms with E-state index in [1.807, 2.05) is 6.07 Å². The molecule has 0 radical (unpaired) electrons. The average molecular weight is 307 g/mol. The molecule has 0 saturated carbocycles. The third-order valence-corrected chi connectivity index (χ3v) is 3.21. The number of anilines is 2. The number of benzene rings is 2. The van der Waals surface area contributed by atoms with Crippen molar-refractivity contribution >= 4 is 29.1 Å². The number of phenols is 1. The third-order valence-electron chi connectivity index (χ3n) is 2.86. The zero-order valence-electron chi connectivity index (χ0n) is 11.4. The van der Waals surface area contributed by atoms with Crippen LogP contribution in [-0.2, 0) is 11.3 Å². The van der Waals surface area contributed by atoms with E-state index >= 15 is 0 Å². The molecule has 5 nitrogen and oxygen atoms in total. The number of methoxy groups -OCH3 is 1. The van der Waals surface area contributed by atoms with Crippen LogP contribution in [0.1, 0.15) is 5.56 Å². The van der Waals surface area contributed by atoms with Crippen molar-refractivity contribution in [3.63, 3.8) is 0 Å². The van der Waals surface area contributed by atoms with Gasteiger partial charge in [0.15, 0.2) is 0 Å². The van der Waals surface area contributed by atoms with Gasteiger partial charge in [-0.3, -0.25) is 5.32 Å². The van der Waals surface area contributed by atoms with Gasteiger partial charge in [0.2, 0.25) is 0 Å². The van der Waals surface area contributed by atoms with Gasteiger partial charge in [-0.05, 0) is 30.3 Å². The molecule has 1 amide bonds. The molecule has 0 saturated heterocycles. The Morgan fingerprint density at radius 2 is 1.95 bits per heavy atom. The molecule has 0 atom stereocenters. The van der Waals surface area contributed by atoms with Crippen molar-refractivity contribution in [1.29, 1.82) is 0 Å². The van der Waals surface area contributed by atoms with E-state index in [-0.39, 0.29) is 5.75 Å². The lowest BCUT2D eigenvalue weighted by Gasteiger charge is -2.11. The van der Waals surface area contributed by atoms with Gasteiger partial charge in [0.25, 0.3) is 0 Å². The fraction of sp³-hybridized carbons (Fsp3) is 0.133. The van der Waals surface area contributed by atoms with Crippen molar-refractivity contribution < 1.29 is 14.6 Å². The lowest BCUT2D eigenvalue weighted by Crippen LogP contribution is -2.11. The Bertz CT molecular complexity index is 626. The van der Waals surface area contributed by atoms with Crippen LogP contribution < -0.4 is 10.6 Å². The van der Waals surface area contributed by atoms with E-state index in [0.717, 1.165) is 5.69 Å². The van der Waals surface area contributed by atoms with Gasteiger partial charge in [-0.2, -0.15) is 0 Å². The van der Waals surface area contributed by atoms with Crippen molar-refractivity contribution in [2.45, 2.75) is 6.54 Å². The van der Waals surface area contributed by atoms with Gasteiger partial charge < -0.3 is 15.2 Å². The first-order chi connectivity index (χ1) is 10.1. The zero-order chi connectivity index (χ0) is 15.2. The Balaban J connectivity index is 2.07. The molecule has 0 bridgehead atoms. The normalized spacial score (nSPS) is 10.0. The highest BCUT2D eigenvalue weighted by Crippen LogP contribution is 2.26. The second-order valence-corrected chi connectivity index (χ2v) is 4.70. The van der Waals surface area contributed by atoms with Crippen LogP contribution in [0, 0.1) is 0 Å². The number of halogens is 1. The molecule has 2 aromatic carbocycles. The summed E-state index contributed by atoms with van der Waals surface area (Å²) in [5.41, 5.74) is 2.00. The van der Waals surface area contributed by atoms with E-state index in [2.05, 4.69) is 15.4 Å². The molecule has 110 valence electrons. The smallest absolute Gasteiger partial charge is 0.411 e. The number of carbonyl (C=O) groups excluding carboxylic acids is 1. The summed E-state index contributed by atoms with van der Waals surface area (Å²) in [7, 11) is 1.30. The quantitative estimate of drug-likeness (QED) is 0.802. The van der Waals surface area contributed by atoms with Crippen LogP contribution in [0.4, 0.5) is 16.2 Å². The number of hydrogen-bond donors (Lipinski definition) is 3. The molecule has 2 aromatic rings. The van der Waals surface area contributed by atoms with Gasteiger partial charge >= 0.3 is 6.09 Å². The first-order valence-electron chi connectivity index (χ1n) is 6.25. The van der Waals surface area contributed by atoms with Crippen LogP contribution in [0.25, 0.3) is 0 Å². The highest BCUT2D eigenvalue weighted by atomic mass is 35.5. The predicted octanol–water partition coefficient (Wildman–Crippen LogP) is 3.84. The van der Waals surface area contributed by atoms with Crippen molar-refractivity contribution in [1.82, 2.24) is 0 Å². The summed E-state index contributed by atoms with van der Waals surface area (Å²) < 4.78 is 4.53. The molecule has 0 aliphatic carbocycles. The third kappa shape index (κ3) is 4.03. The van der Waals surface area contributed by atoms with E-state index in [9.17, 15) is 9.90 Å². The summed E-state index contributed by atoms with van der Waals surface area (Å²) in [5, 5.41) is 16.0. The van der Waals surface area contributed by atoms with Gasteiger partial charge in [-0.25, -0.2) is 4.79 Å². The number of hydrogen-bond acceptors (Lipinski definition) is 4. The molecule has 0 heterocycles. The van der Waals surface area contributed by atoms with Gasteiger partial charge in [-0.1, -0.05) is 23.7 Å². The second kappa shape index (κ2) is 6.85. The first-order valence-corrected chi connectivity index (χ1v) is 6.63. The van der Waals surface area contributed by atoms with Crippen molar-refractivity contribution in [2.75, 3.05) is 17.7 Å². The molecular weight excluding hydrogens is 292 g/mol. The molecule has 2 rings (SSSR count). The summed E-state index contributed by atoms with van der Waals surface area (Å²) in [6, 6.07) is 12.1. The Labute approximate surface area is 127 Å².